The number of benzene rings is 1. The van der Waals surface area contributed by atoms with Gasteiger partial charge in [0.1, 0.15) is 6.54 Å². The smallest absolute Gasteiger partial charge is 0.317 e. The second kappa shape index (κ2) is 9.93. The van der Waals surface area contributed by atoms with Gasteiger partial charge in [0.25, 0.3) is 0 Å². The minimum absolute atomic E-state index is 0.00402. The van der Waals surface area contributed by atoms with E-state index in [-0.39, 0.29) is 18.5 Å². The summed E-state index contributed by atoms with van der Waals surface area (Å²) < 4.78 is 5.21. The number of nitrogens with one attached hydrogen (secondary N) is 2. The Bertz CT molecular complexity index is 550. The lowest BCUT2D eigenvalue weighted by Crippen LogP contribution is -2.42. The van der Waals surface area contributed by atoms with Gasteiger partial charge in [0.2, 0.25) is 5.91 Å². The van der Waals surface area contributed by atoms with Crippen LogP contribution in [-0.2, 0) is 9.53 Å². The van der Waals surface area contributed by atoms with Gasteiger partial charge in [-0.1, -0.05) is 17.7 Å². The van der Waals surface area contributed by atoms with E-state index in [0.29, 0.717) is 19.8 Å². The number of amides is 3. The van der Waals surface area contributed by atoms with Crippen molar-refractivity contribution in [2.24, 2.45) is 0 Å². The van der Waals surface area contributed by atoms with Crippen LogP contribution in [0, 0.1) is 20.8 Å². The highest BCUT2D eigenvalue weighted by atomic mass is 16.5. The molecule has 3 amide bonds. The van der Waals surface area contributed by atoms with Gasteiger partial charge >= 0.3 is 6.03 Å². The number of aryl methyl sites for hydroxylation is 3. The van der Waals surface area contributed by atoms with Crippen molar-refractivity contribution in [1.29, 1.82) is 0 Å². The molecule has 1 aromatic rings. The molecular weight excluding hydrogens is 306 g/mol. The molecule has 0 unspecified atom stereocenters. The summed E-state index contributed by atoms with van der Waals surface area (Å²) in [6.45, 7) is 9.70. The standard InChI is InChI=1S/C18H29N3O3/c1-6-24-9-7-8-19-18(23)21(5)12-16(22)20-17-14(3)10-13(2)11-15(17)4/h10-11H,6-9,12H2,1-5H3,(H,19,23)(H,20,22). The van der Waals surface area contributed by atoms with E-state index in [2.05, 4.69) is 10.6 Å². The lowest BCUT2D eigenvalue weighted by molar-refractivity contribution is -0.116. The SMILES string of the molecule is CCOCCCNC(=O)N(C)CC(=O)Nc1c(C)cc(C)cc1C. The first-order valence-electron chi connectivity index (χ1n) is 8.29. The fraction of sp³-hybridized carbons (Fsp3) is 0.556. The molecule has 1 rings (SSSR count). The third kappa shape index (κ3) is 6.58. The summed E-state index contributed by atoms with van der Waals surface area (Å²) in [5, 5.41) is 5.66. The zero-order valence-corrected chi connectivity index (χ0v) is 15.4. The summed E-state index contributed by atoms with van der Waals surface area (Å²) in [6.07, 6.45) is 0.751. The van der Waals surface area contributed by atoms with Crippen LogP contribution in [0.3, 0.4) is 0 Å². The van der Waals surface area contributed by atoms with E-state index in [1.807, 2.05) is 39.8 Å². The Hall–Kier alpha value is -2.08. The topological polar surface area (TPSA) is 70.7 Å². The molecule has 1 aromatic carbocycles. The lowest BCUT2D eigenvalue weighted by atomic mass is 10.1. The van der Waals surface area contributed by atoms with E-state index >= 15 is 0 Å². The average Bonchev–Trinajstić information content (AvgIpc) is 2.50. The maximum atomic E-state index is 12.2. The Kier molecular flexibility index (Phi) is 8.26. The predicted octanol–water partition coefficient (Wildman–Crippen LogP) is 2.62. The molecule has 0 heterocycles. The number of ether oxygens (including phenoxy) is 1. The number of carbonyl (C=O) groups excluding carboxylic acids is 2. The first-order valence-corrected chi connectivity index (χ1v) is 8.29. The number of likely N-dealkylation sites (N-methyl/N-ethyl adjacent to an activating group) is 1. The Morgan fingerprint density at radius 2 is 1.79 bits per heavy atom. The summed E-state index contributed by atoms with van der Waals surface area (Å²) in [6, 6.07) is 3.79. The molecule has 6 heteroatoms. The second-order valence-electron chi connectivity index (χ2n) is 5.96. The molecule has 2 N–H and O–H groups in total. The van der Waals surface area contributed by atoms with Crippen LogP contribution in [0.1, 0.15) is 30.0 Å². The van der Waals surface area contributed by atoms with E-state index in [1.54, 1.807) is 7.05 Å². The van der Waals surface area contributed by atoms with Gasteiger partial charge in [-0.3, -0.25) is 4.79 Å². The largest absolute Gasteiger partial charge is 0.382 e. The summed E-state index contributed by atoms with van der Waals surface area (Å²) in [5.74, 6) is -0.211. The summed E-state index contributed by atoms with van der Waals surface area (Å²) in [4.78, 5) is 25.5. The van der Waals surface area contributed by atoms with Crippen molar-refractivity contribution in [3.05, 3.63) is 28.8 Å². The molecule has 0 radical (unpaired) electrons. The molecule has 0 spiro atoms. The fourth-order valence-electron chi connectivity index (χ4n) is 2.49. The maximum Gasteiger partial charge on any atom is 0.317 e. The number of anilines is 1. The average molecular weight is 335 g/mol. The van der Waals surface area contributed by atoms with Crippen LogP contribution in [0.15, 0.2) is 12.1 Å². The van der Waals surface area contributed by atoms with E-state index < -0.39 is 0 Å². The zero-order valence-electron chi connectivity index (χ0n) is 15.4. The van der Waals surface area contributed by atoms with E-state index in [0.717, 1.165) is 28.8 Å². The van der Waals surface area contributed by atoms with Crippen LogP contribution in [0.2, 0.25) is 0 Å². The Balaban J connectivity index is 2.45. The van der Waals surface area contributed by atoms with Gasteiger partial charge in [-0.05, 0) is 45.2 Å². The van der Waals surface area contributed by atoms with Crippen LogP contribution in [0.4, 0.5) is 10.5 Å². The minimum Gasteiger partial charge on any atom is -0.382 e. The molecule has 0 aliphatic carbocycles. The number of nitrogens with zero attached hydrogens (tertiary/aromatic N) is 1. The van der Waals surface area contributed by atoms with Gasteiger partial charge in [-0.25, -0.2) is 4.79 Å². The molecule has 0 saturated heterocycles. The first kappa shape index (κ1) is 20.0. The van der Waals surface area contributed by atoms with Gasteiger partial charge in [-0.2, -0.15) is 0 Å². The third-order valence-electron chi connectivity index (χ3n) is 3.61. The van der Waals surface area contributed by atoms with Crippen molar-refractivity contribution in [1.82, 2.24) is 10.2 Å². The minimum atomic E-state index is -0.265. The highest BCUT2D eigenvalue weighted by Crippen LogP contribution is 2.21. The Morgan fingerprint density at radius 3 is 2.38 bits per heavy atom. The van der Waals surface area contributed by atoms with Crippen molar-refractivity contribution >= 4 is 17.6 Å². The summed E-state index contributed by atoms with van der Waals surface area (Å²) in [5.41, 5.74) is 4.01. The highest BCUT2D eigenvalue weighted by molar-refractivity contribution is 5.95. The van der Waals surface area contributed by atoms with Crippen LogP contribution in [0.5, 0.6) is 0 Å². The van der Waals surface area contributed by atoms with E-state index in [1.165, 1.54) is 4.90 Å². The normalized spacial score (nSPS) is 10.4. The van der Waals surface area contributed by atoms with E-state index in [4.69, 9.17) is 4.74 Å². The van der Waals surface area contributed by atoms with Crippen molar-refractivity contribution in [3.8, 4) is 0 Å². The van der Waals surface area contributed by atoms with Crippen LogP contribution in [0.25, 0.3) is 0 Å². The monoisotopic (exact) mass is 335 g/mol. The van der Waals surface area contributed by atoms with Gasteiger partial charge < -0.3 is 20.3 Å². The van der Waals surface area contributed by atoms with Crippen molar-refractivity contribution < 1.29 is 14.3 Å². The molecular formula is C18H29N3O3. The number of hydrogen-bond donors (Lipinski definition) is 2. The Labute approximate surface area is 144 Å². The Morgan fingerprint density at radius 1 is 1.17 bits per heavy atom. The second-order valence-corrected chi connectivity index (χ2v) is 5.96. The summed E-state index contributed by atoms with van der Waals surface area (Å²) in [7, 11) is 1.60. The molecule has 0 aromatic heterocycles. The molecule has 0 saturated carbocycles. The van der Waals surface area contributed by atoms with Crippen molar-refractivity contribution in [2.75, 3.05) is 38.7 Å². The predicted molar refractivity (Wildman–Crippen MR) is 96.4 cm³/mol. The number of hydrogen-bond acceptors (Lipinski definition) is 3. The summed E-state index contributed by atoms with van der Waals surface area (Å²) >= 11 is 0. The quantitative estimate of drug-likeness (QED) is 0.718. The fourth-order valence-corrected chi connectivity index (χ4v) is 2.49. The number of carbonyl (C=O) groups is 2. The van der Waals surface area contributed by atoms with Gasteiger partial charge in [0.15, 0.2) is 0 Å². The van der Waals surface area contributed by atoms with Crippen LogP contribution < -0.4 is 10.6 Å². The molecule has 0 atom stereocenters. The molecule has 0 aliphatic heterocycles. The van der Waals surface area contributed by atoms with Crippen LogP contribution >= 0.6 is 0 Å². The molecule has 0 aliphatic rings. The third-order valence-corrected chi connectivity index (χ3v) is 3.61. The first-order chi connectivity index (χ1) is 11.3. The maximum absolute atomic E-state index is 12.2. The van der Waals surface area contributed by atoms with Crippen molar-refractivity contribution in [3.63, 3.8) is 0 Å². The molecule has 134 valence electrons. The van der Waals surface area contributed by atoms with Gasteiger partial charge in [0.05, 0.1) is 0 Å². The highest BCUT2D eigenvalue weighted by Gasteiger charge is 2.14. The zero-order chi connectivity index (χ0) is 18.1. The lowest BCUT2D eigenvalue weighted by Gasteiger charge is -2.19. The van der Waals surface area contributed by atoms with E-state index in [9.17, 15) is 9.59 Å². The van der Waals surface area contributed by atoms with Crippen molar-refractivity contribution in [2.45, 2.75) is 34.1 Å². The van der Waals surface area contributed by atoms with Gasteiger partial charge in [0, 0.05) is 32.5 Å². The molecule has 6 nitrogen and oxygen atoms in total. The number of rotatable bonds is 8. The number of urea groups is 1. The van der Waals surface area contributed by atoms with Gasteiger partial charge in [-0.15, -0.1) is 0 Å². The molecule has 0 bridgehead atoms. The van der Waals surface area contributed by atoms with Crippen LogP contribution in [-0.4, -0.2) is 50.2 Å². The molecule has 0 fully saturated rings. The molecule has 24 heavy (non-hydrogen) atoms.